The highest BCUT2D eigenvalue weighted by molar-refractivity contribution is 5.40. The molecule has 70 valence electrons. The molecule has 0 unspecified atom stereocenters. The minimum atomic E-state index is -0.364. The number of nitrogens with zero attached hydrogens (tertiary/aromatic N) is 1. The van der Waals surface area contributed by atoms with Gasteiger partial charge in [0, 0.05) is 4.92 Å². The van der Waals surface area contributed by atoms with Crippen LogP contribution in [0.1, 0.15) is 11.1 Å². The van der Waals surface area contributed by atoms with E-state index in [1.807, 2.05) is 13.0 Å². The number of benzene rings is 1. The molecule has 0 bridgehead atoms. The van der Waals surface area contributed by atoms with Gasteiger partial charge in [0.05, 0.1) is 12.7 Å². The normalized spacial score (nSPS) is 9.69. The van der Waals surface area contributed by atoms with Crippen molar-refractivity contribution in [2.24, 2.45) is 0 Å². The van der Waals surface area contributed by atoms with Gasteiger partial charge in [0.25, 0.3) is 0 Å². The monoisotopic (exact) mass is 181 g/mol. The van der Waals surface area contributed by atoms with Crippen molar-refractivity contribution in [1.29, 1.82) is 0 Å². The topological polar surface area (TPSA) is 52.4 Å². The molecule has 0 atom stereocenters. The fourth-order valence-corrected chi connectivity index (χ4v) is 1.27. The van der Waals surface area contributed by atoms with E-state index in [4.69, 9.17) is 4.74 Å². The van der Waals surface area contributed by atoms with Crippen molar-refractivity contribution in [2.45, 2.75) is 13.5 Å². The lowest BCUT2D eigenvalue weighted by Crippen LogP contribution is -2.01. The Hall–Kier alpha value is -1.58. The molecule has 1 aromatic rings. The van der Waals surface area contributed by atoms with Crippen LogP contribution in [0.5, 0.6) is 5.75 Å². The van der Waals surface area contributed by atoms with Crippen molar-refractivity contribution >= 4 is 0 Å². The number of hydrogen-bond donors (Lipinski definition) is 0. The Morgan fingerprint density at radius 1 is 1.54 bits per heavy atom. The summed E-state index contributed by atoms with van der Waals surface area (Å²) in [5, 5.41) is 10.3. The average Bonchev–Trinajstić information content (AvgIpc) is 2.03. The zero-order valence-corrected chi connectivity index (χ0v) is 7.61. The molecule has 0 aliphatic heterocycles. The maximum absolute atomic E-state index is 10.3. The van der Waals surface area contributed by atoms with Crippen molar-refractivity contribution in [1.82, 2.24) is 0 Å². The van der Waals surface area contributed by atoms with Gasteiger partial charge < -0.3 is 4.74 Å². The number of hydrogen-bond acceptors (Lipinski definition) is 3. The number of para-hydroxylation sites is 1. The highest BCUT2D eigenvalue weighted by atomic mass is 16.6. The molecule has 13 heavy (non-hydrogen) atoms. The molecule has 4 nitrogen and oxygen atoms in total. The smallest absolute Gasteiger partial charge is 0.232 e. The number of aryl methyl sites for hydroxylation is 1. The summed E-state index contributed by atoms with van der Waals surface area (Å²) in [6.07, 6.45) is 0. The van der Waals surface area contributed by atoms with E-state index in [2.05, 4.69) is 0 Å². The first-order chi connectivity index (χ1) is 6.15. The Balaban J connectivity index is 3.05. The van der Waals surface area contributed by atoms with E-state index in [0.29, 0.717) is 11.3 Å². The summed E-state index contributed by atoms with van der Waals surface area (Å²) < 4.78 is 5.07. The second-order valence-corrected chi connectivity index (χ2v) is 2.76. The third kappa shape index (κ3) is 2.18. The highest BCUT2D eigenvalue weighted by Crippen LogP contribution is 2.23. The summed E-state index contributed by atoms with van der Waals surface area (Å²) in [7, 11) is 1.52. The minimum absolute atomic E-state index is 0.190. The second-order valence-electron chi connectivity index (χ2n) is 2.76. The van der Waals surface area contributed by atoms with E-state index in [-0.39, 0.29) is 11.5 Å². The van der Waals surface area contributed by atoms with Gasteiger partial charge in [-0.15, -0.1) is 0 Å². The lowest BCUT2D eigenvalue weighted by molar-refractivity contribution is -0.496. The van der Waals surface area contributed by atoms with Crippen LogP contribution in [0.3, 0.4) is 0 Å². The van der Waals surface area contributed by atoms with E-state index in [0.717, 1.165) is 5.56 Å². The average molecular weight is 181 g/mol. The Morgan fingerprint density at radius 3 is 2.77 bits per heavy atom. The summed E-state index contributed by atoms with van der Waals surface area (Å²) >= 11 is 0. The van der Waals surface area contributed by atoms with Crippen molar-refractivity contribution < 1.29 is 9.66 Å². The summed E-state index contributed by atoms with van der Waals surface area (Å²) in [6.45, 7) is 1.67. The molecule has 0 aromatic heterocycles. The molecule has 0 heterocycles. The maximum Gasteiger partial charge on any atom is 0.232 e. The van der Waals surface area contributed by atoms with Crippen molar-refractivity contribution in [3.8, 4) is 5.75 Å². The molecule has 0 saturated heterocycles. The molecule has 0 aliphatic rings. The fourth-order valence-electron chi connectivity index (χ4n) is 1.27. The van der Waals surface area contributed by atoms with E-state index in [1.165, 1.54) is 7.11 Å². The quantitative estimate of drug-likeness (QED) is 0.527. The number of ether oxygens (including phenoxy) is 1. The first-order valence-electron chi connectivity index (χ1n) is 3.89. The third-order valence-electron chi connectivity index (χ3n) is 1.80. The van der Waals surface area contributed by atoms with Crippen molar-refractivity contribution in [3.05, 3.63) is 39.4 Å². The van der Waals surface area contributed by atoms with Gasteiger partial charge in [-0.25, -0.2) is 0 Å². The predicted molar refractivity (Wildman–Crippen MR) is 48.4 cm³/mol. The van der Waals surface area contributed by atoms with Crippen molar-refractivity contribution in [3.63, 3.8) is 0 Å². The van der Waals surface area contributed by atoms with E-state index < -0.39 is 0 Å². The van der Waals surface area contributed by atoms with Gasteiger partial charge in [-0.3, -0.25) is 10.1 Å². The molecular formula is C9H11NO3. The van der Waals surface area contributed by atoms with Gasteiger partial charge in [-0.05, 0) is 18.6 Å². The van der Waals surface area contributed by atoms with Gasteiger partial charge in [0.2, 0.25) is 6.54 Å². The highest BCUT2D eigenvalue weighted by Gasteiger charge is 2.10. The summed E-state index contributed by atoms with van der Waals surface area (Å²) in [4.78, 5) is 9.93. The van der Waals surface area contributed by atoms with Gasteiger partial charge in [0.1, 0.15) is 5.75 Å². The van der Waals surface area contributed by atoms with E-state index in [1.54, 1.807) is 12.1 Å². The van der Waals surface area contributed by atoms with Crippen LogP contribution >= 0.6 is 0 Å². The largest absolute Gasteiger partial charge is 0.496 e. The third-order valence-corrected chi connectivity index (χ3v) is 1.80. The summed E-state index contributed by atoms with van der Waals surface area (Å²) in [6, 6.07) is 5.35. The van der Waals surface area contributed by atoms with E-state index in [9.17, 15) is 10.1 Å². The van der Waals surface area contributed by atoms with Gasteiger partial charge >= 0.3 is 0 Å². The van der Waals surface area contributed by atoms with Gasteiger partial charge in [-0.2, -0.15) is 0 Å². The molecule has 0 radical (unpaired) electrons. The van der Waals surface area contributed by atoms with Crippen LogP contribution in [-0.2, 0) is 6.54 Å². The Bertz CT molecular complexity index is 323. The molecule has 0 aliphatic carbocycles. The standard InChI is InChI=1S/C9H11NO3/c1-7-4-3-5-8(6-10(11)12)9(7)13-2/h3-5H,6H2,1-2H3. The molecule has 0 saturated carbocycles. The molecule has 1 aromatic carbocycles. The first-order valence-corrected chi connectivity index (χ1v) is 3.89. The van der Waals surface area contributed by atoms with Crippen LogP contribution in [0, 0.1) is 17.0 Å². The molecule has 1 rings (SSSR count). The first kappa shape index (κ1) is 9.51. The molecule has 0 amide bonds. The van der Waals surface area contributed by atoms with Crippen LogP contribution in [0.4, 0.5) is 0 Å². The summed E-state index contributed by atoms with van der Waals surface area (Å²) in [5.74, 6) is 0.610. The van der Waals surface area contributed by atoms with E-state index >= 15 is 0 Å². The van der Waals surface area contributed by atoms with Gasteiger partial charge in [-0.1, -0.05) is 12.1 Å². The number of nitro groups is 1. The van der Waals surface area contributed by atoms with Crippen LogP contribution < -0.4 is 4.74 Å². The van der Waals surface area contributed by atoms with Crippen LogP contribution in [0.2, 0.25) is 0 Å². The number of methoxy groups -OCH3 is 1. The molecule has 4 heteroatoms. The summed E-state index contributed by atoms with van der Waals surface area (Å²) in [5.41, 5.74) is 1.54. The Kier molecular flexibility index (Phi) is 2.84. The molecule has 0 N–H and O–H groups in total. The Labute approximate surface area is 76.3 Å². The van der Waals surface area contributed by atoms with Crippen molar-refractivity contribution in [2.75, 3.05) is 7.11 Å². The molecular weight excluding hydrogens is 170 g/mol. The van der Waals surface area contributed by atoms with Crippen LogP contribution in [-0.4, -0.2) is 12.0 Å². The second kappa shape index (κ2) is 3.89. The predicted octanol–water partition coefficient (Wildman–Crippen LogP) is 1.78. The lowest BCUT2D eigenvalue weighted by atomic mass is 10.1. The minimum Gasteiger partial charge on any atom is -0.496 e. The maximum atomic E-state index is 10.3. The van der Waals surface area contributed by atoms with Crippen LogP contribution in [0.25, 0.3) is 0 Å². The van der Waals surface area contributed by atoms with Gasteiger partial charge in [0.15, 0.2) is 0 Å². The zero-order chi connectivity index (χ0) is 9.84. The fraction of sp³-hybridized carbons (Fsp3) is 0.333. The number of rotatable bonds is 3. The van der Waals surface area contributed by atoms with Crippen LogP contribution in [0.15, 0.2) is 18.2 Å². The Morgan fingerprint density at radius 2 is 2.23 bits per heavy atom. The zero-order valence-electron chi connectivity index (χ0n) is 7.61. The molecule has 0 fully saturated rings. The molecule has 0 spiro atoms. The SMILES string of the molecule is COc1c(C)cccc1C[N+](=O)[O-]. The lowest BCUT2D eigenvalue weighted by Gasteiger charge is -2.07.